The Morgan fingerprint density at radius 3 is 2.58 bits per heavy atom. The van der Waals surface area contributed by atoms with Gasteiger partial charge in [-0.05, 0) is 48.0 Å². The molecular weight excluding hydrogens is 425 g/mol. The molecule has 0 unspecified atom stereocenters. The Bertz CT molecular complexity index is 1220. The Morgan fingerprint density at radius 1 is 1.03 bits per heavy atom. The number of rotatable bonds is 6. The van der Waals surface area contributed by atoms with Crippen LogP contribution in [0, 0.1) is 5.82 Å². The van der Waals surface area contributed by atoms with Crippen molar-refractivity contribution in [3.63, 3.8) is 0 Å². The van der Waals surface area contributed by atoms with Crippen LogP contribution in [0.5, 0.6) is 5.75 Å². The molecule has 1 amide bonds. The van der Waals surface area contributed by atoms with Gasteiger partial charge in [-0.15, -0.1) is 0 Å². The summed E-state index contributed by atoms with van der Waals surface area (Å²) in [5, 5.41) is 4.12. The summed E-state index contributed by atoms with van der Waals surface area (Å²) in [5.41, 5.74) is 1.79. The van der Waals surface area contributed by atoms with Gasteiger partial charge in [-0.2, -0.15) is 4.98 Å². The van der Waals surface area contributed by atoms with Crippen molar-refractivity contribution in [2.24, 2.45) is 0 Å². The molecule has 1 saturated heterocycles. The van der Waals surface area contributed by atoms with E-state index >= 15 is 0 Å². The molecule has 0 N–H and O–H groups in total. The van der Waals surface area contributed by atoms with Gasteiger partial charge in [0.2, 0.25) is 11.7 Å². The predicted molar refractivity (Wildman–Crippen MR) is 116 cm³/mol. The molecule has 1 aliphatic rings. The van der Waals surface area contributed by atoms with Crippen molar-refractivity contribution in [2.75, 3.05) is 19.7 Å². The van der Waals surface area contributed by atoms with Gasteiger partial charge in [0.15, 0.2) is 6.61 Å². The van der Waals surface area contributed by atoms with Crippen LogP contribution in [-0.2, 0) is 4.79 Å². The summed E-state index contributed by atoms with van der Waals surface area (Å²) < 4.78 is 24.3. The highest BCUT2D eigenvalue weighted by Crippen LogP contribution is 2.39. The van der Waals surface area contributed by atoms with E-state index in [0.717, 1.165) is 11.1 Å². The summed E-state index contributed by atoms with van der Waals surface area (Å²) in [7, 11) is 0. The number of hydrogen-bond donors (Lipinski definition) is 0. The lowest BCUT2D eigenvalue weighted by atomic mass is 9.90. The maximum atomic E-state index is 13.1. The third-order valence-corrected chi connectivity index (χ3v) is 5.66. The normalized spacial score (nSPS) is 17.8. The van der Waals surface area contributed by atoms with E-state index in [-0.39, 0.29) is 30.2 Å². The highest BCUT2D eigenvalue weighted by Gasteiger charge is 2.40. The van der Waals surface area contributed by atoms with Gasteiger partial charge in [0.1, 0.15) is 11.6 Å². The standard InChI is InChI=1S/C24H20FN5O3/c25-18-3-5-19(6-4-18)32-15-22(31)30-13-20(17-2-1-9-27-12-17)21(14-30)24-28-23(29-33-24)16-7-10-26-11-8-16/h1-12,20-21H,13-15H2/t20-,21+/m0/s1. The molecule has 4 heterocycles. The molecule has 166 valence electrons. The van der Waals surface area contributed by atoms with Gasteiger partial charge < -0.3 is 14.2 Å². The topological polar surface area (TPSA) is 94.2 Å². The summed E-state index contributed by atoms with van der Waals surface area (Å²) in [6.45, 7) is 0.725. The Balaban J connectivity index is 1.35. The molecule has 1 aromatic carbocycles. The number of nitrogens with zero attached hydrogens (tertiary/aromatic N) is 5. The minimum atomic E-state index is -0.360. The number of carbonyl (C=O) groups is 1. The maximum absolute atomic E-state index is 13.1. The zero-order valence-electron chi connectivity index (χ0n) is 17.5. The number of pyridine rings is 2. The second kappa shape index (κ2) is 9.15. The zero-order chi connectivity index (χ0) is 22.6. The van der Waals surface area contributed by atoms with Crippen molar-refractivity contribution >= 4 is 5.91 Å². The van der Waals surface area contributed by atoms with E-state index in [1.165, 1.54) is 24.3 Å². The number of aromatic nitrogens is 4. The van der Waals surface area contributed by atoms with Gasteiger partial charge in [-0.1, -0.05) is 11.2 Å². The van der Waals surface area contributed by atoms with E-state index in [9.17, 15) is 9.18 Å². The molecule has 9 heteroatoms. The smallest absolute Gasteiger partial charge is 0.260 e. The summed E-state index contributed by atoms with van der Waals surface area (Å²) in [5.74, 6) is 0.590. The van der Waals surface area contributed by atoms with Crippen LogP contribution in [0.3, 0.4) is 0 Å². The largest absolute Gasteiger partial charge is 0.484 e. The average Bonchev–Trinajstić information content (AvgIpc) is 3.52. The van der Waals surface area contributed by atoms with Gasteiger partial charge in [0.25, 0.3) is 5.91 Å². The average molecular weight is 445 g/mol. The molecule has 33 heavy (non-hydrogen) atoms. The number of amides is 1. The number of ether oxygens (including phenoxy) is 1. The summed E-state index contributed by atoms with van der Waals surface area (Å²) in [4.78, 5) is 27.5. The highest BCUT2D eigenvalue weighted by atomic mass is 19.1. The van der Waals surface area contributed by atoms with Gasteiger partial charge in [0.05, 0.1) is 5.92 Å². The van der Waals surface area contributed by atoms with Crippen molar-refractivity contribution in [3.05, 3.63) is 90.6 Å². The molecule has 5 rings (SSSR count). The van der Waals surface area contributed by atoms with Gasteiger partial charge in [0, 0.05) is 49.4 Å². The van der Waals surface area contributed by atoms with Gasteiger partial charge >= 0.3 is 0 Å². The molecule has 0 aliphatic carbocycles. The fourth-order valence-corrected chi connectivity index (χ4v) is 3.96. The molecule has 4 aromatic rings. The van der Waals surface area contributed by atoms with E-state index in [2.05, 4.69) is 20.1 Å². The van der Waals surface area contributed by atoms with Crippen LogP contribution in [0.25, 0.3) is 11.4 Å². The number of hydrogen-bond acceptors (Lipinski definition) is 7. The Labute approximate surface area is 189 Å². The number of likely N-dealkylation sites (tertiary alicyclic amines) is 1. The second-order valence-corrected chi connectivity index (χ2v) is 7.73. The van der Waals surface area contributed by atoms with E-state index < -0.39 is 0 Å². The van der Waals surface area contributed by atoms with Crippen molar-refractivity contribution in [3.8, 4) is 17.1 Å². The number of benzene rings is 1. The third kappa shape index (κ3) is 4.57. The van der Waals surface area contributed by atoms with Crippen molar-refractivity contribution in [2.45, 2.75) is 11.8 Å². The fourth-order valence-electron chi connectivity index (χ4n) is 3.96. The lowest BCUT2D eigenvalue weighted by molar-refractivity contribution is -0.132. The molecule has 3 aromatic heterocycles. The first kappa shape index (κ1) is 20.7. The van der Waals surface area contributed by atoms with Gasteiger partial charge in [-0.3, -0.25) is 14.8 Å². The van der Waals surface area contributed by atoms with Crippen LogP contribution < -0.4 is 4.74 Å². The molecule has 0 bridgehead atoms. The van der Waals surface area contributed by atoms with Crippen LogP contribution in [0.4, 0.5) is 4.39 Å². The number of carbonyl (C=O) groups excluding carboxylic acids is 1. The van der Waals surface area contributed by atoms with E-state index in [1.807, 2.05) is 24.3 Å². The first-order chi connectivity index (χ1) is 16.2. The third-order valence-electron chi connectivity index (χ3n) is 5.66. The molecule has 0 radical (unpaired) electrons. The van der Waals surface area contributed by atoms with Crippen molar-refractivity contribution in [1.29, 1.82) is 0 Å². The minimum absolute atomic E-state index is 0.0563. The van der Waals surface area contributed by atoms with E-state index in [4.69, 9.17) is 9.26 Å². The molecular formula is C24H20FN5O3. The monoisotopic (exact) mass is 445 g/mol. The van der Waals surface area contributed by atoms with Crippen molar-refractivity contribution in [1.82, 2.24) is 25.0 Å². The van der Waals surface area contributed by atoms with Crippen molar-refractivity contribution < 1.29 is 18.4 Å². The maximum Gasteiger partial charge on any atom is 0.260 e. The molecule has 0 spiro atoms. The SMILES string of the molecule is O=C(COc1ccc(F)cc1)N1C[C@@H](c2cccnc2)[C@H](c2nc(-c3ccncc3)no2)C1. The Morgan fingerprint density at radius 2 is 1.82 bits per heavy atom. The van der Waals surface area contributed by atoms with E-state index in [0.29, 0.717) is 30.6 Å². The first-order valence-electron chi connectivity index (χ1n) is 10.5. The summed E-state index contributed by atoms with van der Waals surface area (Å²) >= 11 is 0. The van der Waals surface area contributed by atoms with E-state index in [1.54, 1.807) is 29.7 Å². The van der Waals surface area contributed by atoms with Crippen LogP contribution in [0.1, 0.15) is 23.3 Å². The molecule has 2 atom stereocenters. The van der Waals surface area contributed by atoms with Crippen LogP contribution >= 0.6 is 0 Å². The summed E-state index contributed by atoms with van der Waals surface area (Å²) in [6, 6.07) is 13.0. The number of halogens is 1. The lowest BCUT2D eigenvalue weighted by Gasteiger charge is -2.16. The van der Waals surface area contributed by atoms with Crippen LogP contribution in [0.2, 0.25) is 0 Å². The molecule has 1 aliphatic heterocycles. The van der Waals surface area contributed by atoms with Crippen LogP contribution in [-0.4, -0.2) is 50.6 Å². The molecule has 8 nitrogen and oxygen atoms in total. The lowest BCUT2D eigenvalue weighted by Crippen LogP contribution is -2.33. The summed E-state index contributed by atoms with van der Waals surface area (Å²) in [6.07, 6.45) is 6.84. The highest BCUT2D eigenvalue weighted by molar-refractivity contribution is 5.78. The van der Waals surface area contributed by atoms with Crippen LogP contribution in [0.15, 0.2) is 77.8 Å². The fraction of sp³-hybridized carbons (Fsp3) is 0.208. The molecule has 1 fully saturated rings. The van der Waals surface area contributed by atoms with Gasteiger partial charge in [-0.25, -0.2) is 4.39 Å². The Hall–Kier alpha value is -4.14. The molecule has 0 saturated carbocycles. The Kier molecular flexibility index (Phi) is 5.75. The zero-order valence-corrected chi connectivity index (χ0v) is 17.5. The quantitative estimate of drug-likeness (QED) is 0.449. The predicted octanol–water partition coefficient (Wildman–Crippen LogP) is 3.45. The second-order valence-electron chi connectivity index (χ2n) is 7.73. The first-order valence-corrected chi connectivity index (χ1v) is 10.5. The minimum Gasteiger partial charge on any atom is -0.484 e.